The summed E-state index contributed by atoms with van der Waals surface area (Å²) in [6, 6.07) is 21.4. The molecule has 0 atom stereocenters. The topological polar surface area (TPSA) is 58.1 Å². The number of para-hydroxylation sites is 1. The van der Waals surface area contributed by atoms with E-state index in [1.807, 2.05) is 48.5 Å². The molecule has 0 spiro atoms. The summed E-state index contributed by atoms with van der Waals surface area (Å²) in [5.41, 5.74) is 2.44. The predicted octanol–water partition coefficient (Wildman–Crippen LogP) is 3.41. The highest BCUT2D eigenvalue weighted by atomic mass is 16.2. The highest BCUT2D eigenvalue weighted by Gasteiger charge is 2.15. The van der Waals surface area contributed by atoms with Crippen molar-refractivity contribution in [2.45, 2.75) is 6.42 Å². The van der Waals surface area contributed by atoms with Crippen LogP contribution in [0.25, 0.3) is 0 Å². The van der Waals surface area contributed by atoms with Crippen LogP contribution in [0.1, 0.15) is 16.1 Å². The molecule has 3 rings (SSSR count). The first-order valence-corrected chi connectivity index (χ1v) is 8.17. The molecule has 0 unspecified atom stereocenters. The van der Waals surface area contributed by atoms with Gasteiger partial charge in [0, 0.05) is 25.3 Å². The van der Waals surface area contributed by atoms with E-state index in [4.69, 9.17) is 0 Å². The van der Waals surface area contributed by atoms with Gasteiger partial charge in [0.1, 0.15) is 17.8 Å². The van der Waals surface area contributed by atoms with Gasteiger partial charge in [0.05, 0.1) is 0 Å². The Hall–Kier alpha value is -3.21. The van der Waals surface area contributed by atoms with Crippen molar-refractivity contribution in [3.05, 3.63) is 84.3 Å². The Kier molecular flexibility index (Phi) is 5.36. The zero-order chi connectivity index (χ0) is 17.5. The number of carbonyl (C=O) groups is 1. The van der Waals surface area contributed by atoms with Crippen molar-refractivity contribution < 1.29 is 4.79 Å². The zero-order valence-electron chi connectivity index (χ0n) is 14.1. The molecule has 1 heterocycles. The van der Waals surface area contributed by atoms with Crippen molar-refractivity contribution in [1.82, 2.24) is 9.97 Å². The Morgan fingerprint density at radius 2 is 1.68 bits per heavy atom. The summed E-state index contributed by atoms with van der Waals surface area (Å²) in [7, 11) is 1.74. The van der Waals surface area contributed by atoms with Crippen molar-refractivity contribution in [3.63, 3.8) is 0 Å². The Labute approximate surface area is 147 Å². The lowest BCUT2D eigenvalue weighted by Gasteiger charge is -2.17. The largest absolute Gasteiger partial charge is 0.370 e. The molecule has 126 valence electrons. The molecule has 5 heteroatoms. The number of nitrogens with zero attached hydrogens (tertiary/aromatic N) is 3. The summed E-state index contributed by atoms with van der Waals surface area (Å²) in [5, 5.41) is 3.25. The minimum Gasteiger partial charge on any atom is -0.370 e. The number of anilines is 2. The van der Waals surface area contributed by atoms with Crippen molar-refractivity contribution in [2.24, 2.45) is 0 Å². The molecule has 0 bridgehead atoms. The lowest BCUT2D eigenvalue weighted by molar-refractivity contribution is 0.0988. The minimum atomic E-state index is -0.167. The molecule has 0 saturated carbocycles. The van der Waals surface area contributed by atoms with Crippen LogP contribution in [0.2, 0.25) is 0 Å². The summed E-state index contributed by atoms with van der Waals surface area (Å²) >= 11 is 0. The van der Waals surface area contributed by atoms with Crippen LogP contribution in [0.4, 0.5) is 11.5 Å². The Morgan fingerprint density at radius 1 is 1.00 bits per heavy atom. The van der Waals surface area contributed by atoms with Gasteiger partial charge in [-0.05, 0) is 24.1 Å². The monoisotopic (exact) mass is 332 g/mol. The number of aromatic nitrogens is 2. The summed E-state index contributed by atoms with van der Waals surface area (Å²) in [4.78, 5) is 22.5. The molecule has 0 aliphatic carbocycles. The van der Waals surface area contributed by atoms with E-state index in [2.05, 4.69) is 27.4 Å². The van der Waals surface area contributed by atoms with E-state index in [0.717, 1.165) is 18.7 Å². The maximum Gasteiger partial charge on any atom is 0.276 e. The van der Waals surface area contributed by atoms with Gasteiger partial charge in [0.25, 0.3) is 5.91 Å². The molecule has 1 amide bonds. The molecule has 2 aromatic carbocycles. The summed E-state index contributed by atoms with van der Waals surface area (Å²) in [6.45, 7) is 0.739. The lowest BCUT2D eigenvalue weighted by Crippen LogP contribution is -2.27. The van der Waals surface area contributed by atoms with Crippen LogP contribution in [0.5, 0.6) is 0 Å². The van der Waals surface area contributed by atoms with Gasteiger partial charge >= 0.3 is 0 Å². The van der Waals surface area contributed by atoms with Crippen LogP contribution < -0.4 is 10.2 Å². The molecular formula is C20H20N4O. The second-order valence-electron chi connectivity index (χ2n) is 5.65. The zero-order valence-corrected chi connectivity index (χ0v) is 14.1. The van der Waals surface area contributed by atoms with Gasteiger partial charge in [-0.1, -0.05) is 48.5 Å². The molecule has 1 N–H and O–H groups in total. The highest BCUT2D eigenvalue weighted by Crippen LogP contribution is 2.15. The van der Waals surface area contributed by atoms with Crippen molar-refractivity contribution in [2.75, 3.05) is 23.8 Å². The first-order valence-electron chi connectivity index (χ1n) is 8.17. The number of rotatable bonds is 6. The predicted molar refractivity (Wildman–Crippen MR) is 99.8 cm³/mol. The Morgan fingerprint density at radius 3 is 2.40 bits per heavy atom. The van der Waals surface area contributed by atoms with E-state index in [-0.39, 0.29) is 5.91 Å². The second kappa shape index (κ2) is 8.06. The summed E-state index contributed by atoms with van der Waals surface area (Å²) in [5.74, 6) is 0.482. The highest BCUT2D eigenvalue weighted by molar-refractivity contribution is 6.04. The first kappa shape index (κ1) is 16.6. The van der Waals surface area contributed by atoms with Crippen LogP contribution in [-0.2, 0) is 6.42 Å². The number of nitrogens with one attached hydrogen (secondary N) is 1. The maximum atomic E-state index is 12.6. The van der Waals surface area contributed by atoms with E-state index < -0.39 is 0 Å². The fourth-order valence-corrected chi connectivity index (χ4v) is 2.49. The minimum absolute atomic E-state index is 0.167. The van der Waals surface area contributed by atoms with Gasteiger partial charge in [-0.2, -0.15) is 0 Å². The van der Waals surface area contributed by atoms with Crippen LogP contribution >= 0.6 is 0 Å². The molecule has 3 aromatic rings. The van der Waals surface area contributed by atoms with Crippen molar-refractivity contribution in [1.29, 1.82) is 0 Å². The number of amides is 1. The van der Waals surface area contributed by atoms with Gasteiger partial charge in [-0.15, -0.1) is 0 Å². The van der Waals surface area contributed by atoms with E-state index in [1.165, 1.54) is 11.9 Å². The summed E-state index contributed by atoms with van der Waals surface area (Å²) < 4.78 is 0. The molecule has 0 fully saturated rings. The van der Waals surface area contributed by atoms with E-state index in [0.29, 0.717) is 11.5 Å². The quantitative estimate of drug-likeness (QED) is 0.751. The molecular weight excluding hydrogens is 312 g/mol. The molecule has 1 aromatic heterocycles. The Balaban J connectivity index is 1.63. The van der Waals surface area contributed by atoms with E-state index >= 15 is 0 Å². The molecule has 0 aliphatic heterocycles. The van der Waals surface area contributed by atoms with Crippen LogP contribution in [0, 0.1) is 0 Å². The third kappa shape index (κ3) is 4.41. The molecule has 0 radical (unpaired) electrons. The van der Waals surface area contributed by atoms with Crippen molar-refractivity contribution in [3.8, 4) is 0 Å². The second-order valence-corrected chi connectivity index (χ2v) is 5.65. The molecule has 25 heavy (non-hydrogen) atoms. The number of carbonyl (C=O) groups excluding carboxylic acids is 1. The fourth-order valence-electron chi connectivity index (χ4n) is 2.49. The van der Waals surface area contributed by atoms with Gasteiger partial charge in [0.2, 0.25) is 0 Å². The standard InChI is InChI=1S/C20H20N4O/c1-24(17-10-6-3-7-11-17)20(25)18-14-19(23-15-22-18)21-13-12-16-8-4-2-5-9-16/h2-11,14-15H,12-13H2,1H3,(H,21,22,23). The van der Waals surface area contributed by atoms with Crippen LogP contribution in [0.15, 0.2) is 73.1 Å². The lowest BCUT2D eigenvalue weighted by atomic mass is 10.1. The van der Waals surface area contributed by atoms with E-state index in [1.54, 1.807) is 18.0 Å². The van der Waals surface area contributed by atoms with Crippen LogP contribution in [-0.4, -0.2) is 29.5 Å². The molecule has 0 aliphatic rings. The molecule has 0 saturated heterocycles. The van der Waals surface area contributed by atoms with Gasteiger partial charge in [0.15, 0.2) is 0 Å². The van der Waals surface area contributed by atoms with Gasteiger partial charge in [-0.25, -0.2) is 9.97 Å². The third-order valence-corrected chi connectivity index (χ3v) is 3.90. The van der Waals surface area contributed by atoms with Gasteiger partial charge < -0.3 is 10.2 Å². The number of benzene rings is 2. The average Bonchev–Trinajstić information content (AvgIpc) is 2.68. The third-order valence-electron chi connectivity index (χ3n) is 3.90. The maximum absolute atomic E-state index is 12.6. The first-order chi connectivity index (χ1) is 12.2. The number of hydrogen-bond acceptors (Lipinski definition) is 4. The Bertz CT molecular complexity index is 821. The average molecular weight is 332 g/mol. The van der Waals surface area contributed by atoms with E-state index in [9.17, 15) is 4.79 Å². The molecule has 5 nitrogen and oxygen atoms in total. The SMILES string of the molecule is CN(C(=O)c1cc(NCCc2ccccc2)ncn1)c1ccccc1. The number of hydrogen-bond donors (Lipinski definition) is 1. The summed E-state index contributed by atoms with van der Waals surface area (Å²) in [6.07, 6.45) is 2.30. The normalized spacial score (nSPS) is 10.3. The van der Waals surface area contributed by atoms with Gasteiger partial charge in [-0.3, -0.25) is 4.79 Å². The smallest absolute Gasteiger partial charge is 0.276 e. The van der Waals surface area contributed by atoms with Crippen molar-refractivity contribution >= 4 is 17.4 Å². The van der Waals surface area contributed by atoms with Crippen LogP contribution in [0.3, 0.4) is 0 Å². The fraction of sp³-hybridized carbons (Fsp3) is 0.150.